The van der Waals surface area contributed by atoms with Gasteiger partial charge in [0.25, 0.3) is 5.89 Å². The van der Waals surface area contributed by atoms with Gasteiger partial charge in [0.05, 0.1) is 0 Å². The van der Waals surface area contributed by atoms with Crippen LogP contribution in [-0.4, -0.2) is 14.6 Å². The fourth-order valence-electron chi connectivity index (χ4n) is 0.795. The summed E-state index contributed by atoms with van der Waals surface area (Å²) < 4.78 is 9.53. The summed E-state index contributed by atoms with van der Waals surface area (Å²) in [6.45, 7) is 0. The highest BCUT2D eigenvalue weighted by Gasteiger charge is 2.17. The summed E-state index contributed by atoms with van der Waals surface area (Å²) in [6, 6.07) is 0. The molecule has 0 amide bonds. The van der Waals surface area contributed by atoms with E-state index >= 15 is 0 Å². The lowest BCUT2D eigenvalue weighted by atomic mass is 10.4. The first-order valence-electron chi connectivity index (χ1n) is 3.41. The van der Waals surface area contributed by atoms with Crippen LogP contribution in [0.2, 0.25) is 9.36 Å². The Labute approximate surface area is 98.0 Å². The average molecular weight is 271 g/mol. The second-order valence-electron chi connectivity index (χ2n) is 2.25. The molecule has 0 spiro atoms. The molecule has 0 N–H and O–H groups in total. The van der Waals surface area contributed by atoms with Crippen molar-refractivity contribution in [3.63, 3.8) is 0 Å². The Morgan fingerprint density at radius 1 is 1.29 bits per heavy atom. The third-order valence-corrected chi connectivity index (χ3v) is 3.22. The van der Waals surface area contributed by atoms with E-state index in [2.05, 4.69) is 14.6 Å². The summed E-state index contributed by atoms with van der Waals surface area (Å²) in [4.78, 5) is 0. The minimum absolute atomic E-state index is 0.155. The van der Waals surface area contributed by atoms with Crippen molar-refractivity contribution in [2.45, 2.75) is 5.88 Å². The van der Waals surface area contributed by atoms with Crippen molar-refractivity contribution in [3.8, 4) is 11.6 Å². The van der Waals surface area contributed by atoms with E-state index in [4.69, 9.17) is 39.2 Å². The minimum Gasteiger partial charge on any atom is -0.418 e. The van der Waals surface area contributed by atoms with Crippen LogP contribution >= 0.6 is 46.3 Å². The molecule has 0 aliphatic heterocycles. The Bertz CT molecular complexity index is 455. The van der Waals surface area contributed by atoms with Gasteiger partial charge in [-0.3, -0.25) is 0 Å². The molecule has 0 saturated heterocycles. The fraction of sp³-hybridized carbons (Fsp3) is 0.167. The lowest BCUT2D eigenvalue weighted by molar-refractivity contribution is 0.526. The lowest BCUT2D eigenvalue weighted by Gasteiger charge is -1.87. The molecule has 14 heavy (non-hydrogen) atoms. The number of hydrogen-bond donors (Lipinski definition) is 0. The molecule has 0 aliphatic carbocycles. The van der Waals surface area contributed by atoms with Gasteiger partial charge in [0, 0.05) is 0 Å². The van der Waals surface area contributed by atoms with E-state index in [1.54, 1.807) is 0 Å². The zero-order valence-electron chi connectivity index (χ0n) is 6.50. The van der Waals surface area contributed by atoms with Gasteiger partial charge >= 0.3 is 0 Å². The van der Waals surface area contributed by atoms with Crippen molar-refractivity contribution in [2.24, 2.45) is 0 Å². The molecule has 4 nitrogen and oxygen atoms in total. The Morgan fingerprint density at radius 2 is 2.07 bits per heavy atom. The van der Waals surface area contributed by atoms with Crippen LogP contribution in [0.1, 0.15) is 5.89 Å². The third kappa shape index (κ3) is 1.72. The van der Waals surface area contributed by atoms with E-state index in [9.17, 15) is 0 Å². The quantitative estimate of drug-likeness (QED) is 0.786. The van der Waals surface area contributed by atoms with Crippen LogP contribution in [0, 0.1) is 0 Å². The molecule has 2 heterocycles. The number of nitrogens with zero attached hydrogens (tertiary/aromatic N) is 3. The van der Waals surface area contributed by atoms with E-state index in [-0.39, 0.29) is 11.8 Å². The van der Waals surface area contributed by atoms with Gasteiger partial charge in [-0.1, -0.05) is 23.2 Å². The van der Waals surface area contributed by atoms with Crippen molar-refractivity contribution in [3.05, 3.63) is 15.2 Å². The molecule has 0 saturated carbocycles. The molecular formula is C6H2Cl3N3OS. The largest absolute Gasteiger partial charge is 0.418 e. The monoisotopic (exact) mass is 269 g/mol. The molecule has 2 rings (SSSR count). The van der Waals surface area contributed by atoms with Crippen molar-refractivity contribution in [1.82, 2.24) is 14.6 Å². The van der Waals surface area contributed by atoms with Crippen molar-refractivity contribution in [1.29, 1.82) is 0 Å². The van der Waals surface area contributed by atoms with E-state index < -0.39 is 0 Å². The lowest BCUT2D eigenvalue weighted by Crippen LogP contribution is -1.77. The highest BCUT2D eigenvalue weighted by molar-refractivity contribution is 7.11. The Morgan fingerprint density at radius 3 is 2.57 bits per heavy atom. The maximum Gasteiger partial charge on any atom is 0.269 e. The van der Waals surface area contributed by atoms with Gasteiger partial charge in [-0.2, -0.15) is 4.37 Å². The van der Waals surface area contributed by atoms with E-state index in [1.165, 1.54) is 0 Å². The van der Waals surface area contributed by atoms with Gasteiger partial charge < -0.3 is 4.42 Å². The van der Waals surface area contributed by atoms with Crippen LogP contribution in [0.3, 0.4) is 0 Å². The molecule has 8 heteroatoms. The number of hydrogen-bond acceptors (Lipinski definition) is 5. The first kappa shape index (κ1) is 10.2. The molecule has 0 aromatic carbocycles. The molecule has 0 radical (unpaired) electrons. The van der Waals surface area contributed by atoms with E-state index in [0.29, 0.717) is 20.9 Å². The number of rotatable bonds is 2. The smallest absolute Gasteiger partial charge is 0.269 e. The standard InChI is InChI=1S/C6H2Cl3N3OS/c7-1-2-10-11-6(13-2)4-3(8)5(9)14-12-4/h1H2. The highest BCUT2D eigenvalue weighted by atomic mass is 35.5. The topological polar surface area (TPSA) is 51.8 Å². The number of halogens is 3. The van der Waals surface area contributed by atoms with Crippen LogP contribution in [0.25, 0.3) is 11.6 Å². The molecule has 0 fully saturated rings. The third-order valence-electron chi connectivity index (χ3n) is 1.38. The first-order valence-corrected chi connectivity index (χ1v) is 5.48. The summed E-state index contributed by atoms with van der Waals surface area (Å²) in [5.41, 5.74) is 0.394. The molecular weight excluding hydrogens is 269 g/mol. The van der Waals surface area contributed by atoms with Gasteiger partial charge in [0.2, 0.25) is 5.89 Å². The van der Waals surface area contributed by atoms with Crippen molar-refractivity contribution in [2.75, 3.05) is 0 Å². The Hall–Kier alpha value is -0.360. The second kappa shape index (κ2) is 4.02. The molecule has 2 aromatic heterocycles. The maximum atomic E-state index is 5.85. The van der Waals surface area contributed by atoms with E-state index in [0.717, 1.165) is 11.5 Å². The van der Waals surface area contributed by atoms with Crippen LogP contribution in [0.5, 0.6) is 0 Å². The molecule has 2 aromatic rings. The molecule has 0 atom stereocenters. The predicted octanol–water partition coefficient (Wildman–Crippen LogP) is 3.24. The van der Waals surface area contributed by atoms with Crippen LogP contribution in [-0.2, 0) is 5.88 Å². The van der Waals surface area contributed by atoms with Crippen LogP contribution in [0.4, 0.5) is 0 Å². The summed E-state index contributed by atoms with van der Waals surface area (Å²) in [5.74, 6) is 0.707. The van der Waals surface area contributed by atoms with Crippen molar-refractivity contribution < 1.29 is 4.42 Å². The highest BCUT2D eigenvalue weighted by Crippen LogP contribution is 2.35. The molecule has 74 valence electrons. The zero-order chi connectivity index (χ0) is 10.1. The molecule has 0 bridgehead atoms. The maximum absolute atomic E-state index is 5.85. The predicted molar refractivity (Wildman–Crippen MR) is 55.0 cm³/mol. The van der Waals surface area contributed by atoms with Gasteiger partial charge in [-0.05, 0) is 11.5 Å². The first-order chi connectivity index (χ1) is 6.72. The van der Waals surface area contributed by atoms with Crippen LogP contribution < -0.4 is 0 Å². The zero-order valence-corrected chi connectivity index (χ0v) is 9.58. The fourth-order valence-corrected chi connectivity index (χ4v) is 1.89. The Kier molecular flexibility index (Phi) is 2.92. The van der Waals surface area contributed by atoms with Gasteiger partial charge in [-0.15, -0.1) is 21.8 Å². The summed E-state index contributed by atoms with van der Waals surface area (Å²) in [6.07, 6.45) is 0. The molecule has 0 unspecified atom stereocenters. The summed E-state index contributed by atoms with van der Waals surface area (Å²) >= 11 is 18.1. The molecule has 0 aliphatic rings. The number of aromatic nitrogens is 3. The SMILES string of the molecule is ClCc1nnc(-c2nsc(Cl)c2Cl)o1. The van der Waals surface area contributed by atoms with Crippen LogP contribution in [0.15, 0.2) is 4.42 Å². The second-order valence-corrected chi connectivity index (χ2v) is 4.27. The van der Waals surface area contributed by atoms with Gasteiger partial charge in [0.1, 0.15) is 15.2 Å². The van der Waals surface area contributed by atoms with Crippen molar-refractivity contribution >= 4 is 46.3 Å². The van der Waals surface area contributed by atoms with Gasteiger partial charge in [0.15, 0.2) is 5.69 Å². The average Bonchev–Trinajstić information content (AvgIpc) is 2.75. The number of alkyl halides is 1. The summed E-state index contributed by atoms with van der Waals surface area (Å²) in [7, 11) is 0. The minimum atomic E-state index is 0.155. The van der Waals surface area contributed by atoms with E-state index in [1.807, 2.05) is 0 Å². The van der Waals surface area contributed by atoms with Gasteiger partial charge in [-0.25, -0.2) is 0 Å². The Balaban J connectivity index is 2.44. The normalized spacial score (nSPS) is 10.8. The summed E-state index contributed by atoms with van der Waals surface area (Å²) in [5, 5.41) is 7.73.